The SMILES string of the molecule is CCC(C)(CCN)Nc1ncnc2sc(C)cc12. The predicted octanol–water partition coefficient (Wildman–Crippen LogP) is 2.93. The summed E-state index contributed by atoms with van der Waals surface area (Å²) in [4.78, 5) is 11.0. The van der Waals surface area contributed by atoms with Crippen LogP contribution >= 0.6 is 11.3 Å². The van der Waals surface area contributed by atoms with Crippen molar-refractivity contribution >= 4 is 27.4 Å². The van der Waals surface area contributed by atoms with Gasteiger partial charge < -0.3 is 11.1 Å². The molecule has 0 radical (unpaired) electrons. The first-order chi connectivity index (χ1) is 8.58. The Morgan fingerprint density at radius 2 is 2.22 bits per heavy atom. The zero-order valence-electron chi connectivity index (χ0n) is 11.2. The van der Waals surface area contributed by atoms with Crippen LogP contribution in [0.3, 0.4) is 0 Å². The minimum absolute atomic E-state index is 0.00806. The van der Waals surface area contributed by atoms with E-state index in [9.17, 15) is 0 Å². The van der Waals surface area contributed by atoms with Crippen LogP contribution < -0.4 is 11.1 Å². The molecule has 0 saturated heterocycles. The number of anilines is 1. The summed E-state index contributed by atoms with van der Waals surface area (Å²) in [7, 11) is 0. The Bertz CT molecular complexity index is 537. The van der Waals surface area contributed by atoms with Crippen LogP contribution in [0.2, 0.25) is 0 Å². The van der Waals surface area contributed by atoms with Gasteiger partial charge in [-0.2, -0.15) is 0 Å². The number of fused-ring (bicyclic) bond motifs is 1. The molecular formula is C13H20N4S. The molecule has 0 aromatic carbocycles. The number of hydrogen-bond acceptors (Lipinski definition) is 5. The highest BCUT2D eigenvalue weighted by Crippen LogP contribution is 2.30. The van der Waals surface area contributed by atoms with E-state index in [1.807, 2.05) is 0 Å². The lowest BCUT2D eigenvalue weighted by Gasteiger charge is -2.30. The molecule has 2 aromatic heterocycles. The summed E-state index contributed by atoms with van der Waals surface area (Å²) in [6.07, 6.45) is 3.57. The van der Waals surface area contributed by atoms with E-state index in [0.717, 1.165) is 28.9 Å². The van der Waals surface area contributed by atoms with Gasteiger partial charge in [-0.1, -0.05) is 6.92 Å². The van der Waals surface area contributed by atoms with Gasteiger partial charge in [-0.3, -0.25) is 0 Å². The molecule has 2 heterocycles. The number of thiophene rings is 1. The van der Waals surface area contributed by atoms with Gasteiger partial charge in [0.2, 0.25) is 0 Å². The summed E-state index contributed by atoms with van der Waals surface area (Å²) >= 11 is 1.70. The van der Waals surface area contributed by atoms with Crippen LogP contribution in [0.15, 0.2) is 12.4 Å². The van der Waals surface area contributed by atoms with E-state index in [4.69, 9.17) is 5.73 Å². The maximum absolute atomic E-state index is 5.69. The first-order valence-corrected chi connectivity index (χ1v) is 7.09. The van der Waals surface area contributed by atoms with E-state index in [1.165, 1.54) is 4.88 Å². The molecule has 4 nitrogen and oxygen atoms in total. The van der Waals surface area contributed by atoms with Gasteiger partial charge >= 0.3 is 0 Å². The Hall–Kier alpha value is -1.20. The number of nitrogens with zero attached hydrogens (tertiary/aromatic N) is 2. The standard InChI is InChI=1S/C13H20N4S/c1-4-13(3,5-6-14)17-11-10-7-9(2)18-12(10)16-8-15-11/h7-8H,4-6,14H2,1-3H3,(H,15,16,17). The Morgan fingerprint density at radius 1 is 1.44 bits per heavy atom. The van der Waals surface area contributed by atoms with Crippen molar-refractivity contribution in [2.75, 3.05) is 11.9 Å². The molecule has 0 fully saturated rings. The fourth-order valence-electron chi connectivity index (χ4n) is 2.01. The Morgan fingerprint density at radius 3 is 2.89 bits per heavy atom. The number of nitrogens with one attached hydrogen (secondary N) is 1. The number of hydrogen-bond donors (Lipinski definition) is 2. The molecule has 5 heteroatoms. The largest absolute Gasteiger partial charge is 0.364 e. The summed E-state index contributed by atoms with van der Waals surface area (Å²) in [5, 5.41) is 4.65. The van der Waals surface area contributed by atoms with Gasteiger partial charge in [-0.05, 0) is 39.3 Å². The van der Waals surface area contributed by atoms with E-state index in [1.54, 1.807) is 17.7 Å². The molecule has 3 N–H and O–H groups in total. The van der Waals surface area contributed by atoms with Gasteiger partial charge in [0.05, 0.1) is 5.39 Å². The van der Waals surface area contributed by atoms with E-state index in [0.29, 0.717) is 6.54 Å². The Balaban J connectivity index is 2.36. The third kappa shape index (κ3) is 2.62. The number of rotatable bonds is 5. The van der Waals surface area contributed by atoms with Crippen molar-refractivity contribution in [3.8, 4) is 0 Å². The van der Waals surface area contributed by atoms with Gasteiger partial charge in [0, 0.05) is 10.4 Å². The fraction of sp³-hybridized carbons (Fsp3) is 0.538. The van der Waals surface area contributed by atoms with Crippen molar-refractivity contribution in [2.24, 2.45) is 5.73 Å². The van der Waals surface area contributed by atoms with Crippen molar-refractivity contribution in [3.05, 3.63) is 17.3 Å². The van der Waals surface area contributed by atoms with E-state index in [-0.39, 0.29) is 5.54 Å². The van der Waals surface area contributed by atoms with Gasteiger partial charge in [-0.25, -0.2) is 9.97 Å². The molecule has 0 aliphatic heterocycles. The van der Waals surface area contributed by atoms with Gasteiger partial charge in [0.15, 0.2) is 0 Å². The molecule has 0 aliphatic rings. The number of nitrogens with two attached hydrogens (primary N) is 1. The summed E-state index contributed by atoms with van der Waals surface area (Å²) in [5.74, 6) is 0.919. The van der Waals surface area contributed by atoms with E-state index in [2.05, 4.69) is 42.1 Å². The average Bonchev–Trinajstić information content (AvgIpc) is 2.71. The lowest BCUT2D eigenvalue weighted by Crippen LogP contribution is -2.36. The second kappa shape index (κ2) is 5.20. The zero-order chi connectivity index (χ0) is 13.2. The van der Waals surface area contributed by atoms with Gasteiger partial charge in [0.25, 0.3) is 0 Å². The lowest BCUT2D eigenvalue weighted by atomic mass is 9.94. The van der Waals surface area contributed by atoms with Crippen LogP contribution in [0.5, 0.6) is 0 Å². The molecule has 0 aliphatic carbocycles. The minimum atomic E-state index is -0.00806. The third-order valence-electron chi connectivity index (χ3n) is 3.35. The van der Waals surface area contributed by atoms with Gasteiger partial charge in [0.1, 0.15) is 17.0 Å². The summed E-state index contributed by atoms with van der Waals surface area (Å²) < 4.78 is 0. The summed E-state index contributed by atoms with van der Waals surface area (Å²) in [6, 6.07) is 2.14. The highest BCUT2D eigenvalue weighted by molar-refractivity contribution is 7.18. The molecule has 1 atom stereocenters. The molecular weight excluding hydrogens is 244 g/mol. The van der Waals surface area contributed by atoms with Crippen LogP contribution in [0.1, 0.15) is 31.6 Å². The number of aromatic nitrogens is 2. The quantitative estimate of drug-likeness (QED) is 0.871. The van der Waals surface area contributed by atoms with Crippen LogP contribution in [-0.2, 0) is 0 Å². The normalized spacial score (nSPS) is 14.7. The van der Waals surface area contributed by atoms with Crippen LogP contribution in [-0.4, -0.2) is 22.1 Å². The van der Waals surface area contributed by atoms with Crippen molar-refractivity contribution in [1.82, 2.24) is 9.97 Å². The minimum Gasteiger partial charge on any atom is -0.364 e. The van der Waals surface area contributed by atoms with E-state index < -0.39 is 0 Å². The summed E-state index contributed by atoms with van der Waals surface area (Å²) in [6.45, 7) is 7.12. The van der Waals surface area contributed by atoms with Crippen LogP contribution in [0, 0.1) is 6.92 Å². The first-order valence-electron chi connectivity index (χ1n) is 6.27. The molecule has 2 aromatic rings. The van der Waals surface area contributed by atoms with E-state index >= 15 is 0 Å². The van der Waals surface area contributed by atoms with Crippen LogP contribution in [0.4, 0.5) is 5.82 Å². The fourth-order valence-corrected chi connectivity index (χ4v) is 2.85. The molecule has 0 bridgehead atoms. The topological polar surface area (TPSA) is 63.8 Å². The third-order valence-corrected chi connectivity index (χ3v) is 4.31. The second-order valence-electron chi connectivity index (χ2n) is 4.88. The monoisotopic (exact) mass is 264 g/mol. The highest BCUT2D eigenvalue weighted by Gasteiger charge is 2.22. The maximum atomic E-state index is 5.69. The molecule has 98 valence electrons. The molecule has 2 rings (SSSR count). The first kappa shape index (κ1) is 13.2. The highest BCUT2D eigenvalue weighted by atomic mass is 32.1. The Labute approximate surface area is 112 Å². The zero-order valence-corrected chi connectivity index (χ0v) is 12.0. The summed E-state index contributed by atoms with van der Waals surface area (Å²) in [5.41, 5.74) is 5.68. The molecule has 0 amide bonds. The van der Waals surface area contributed by atoms with Crippen LogP contribution in [0.25, 0.3) is 10.2 Å². The average molecular weight is 264 g/mol. The molecule has 0 saturated carbocycles. The molecule has 0 spiro atoms. The smallest absolute Gasteiger partial charge is 0.138 e. The van der Waals surface area contributed by atoms with Crippen molar-refractivity contribution < 1.29 is 0 Å². The predicted molar refractivity (Wildman–Crippen MR) is 78.1 cm³/mol. The molecule has 1 unspecified atom stereocenters. The van der Waals surface area contributed by atoms with Crippen molar-refractivity contribution in [3.63, 3.8) is 0 Å². The van der Waals surface area contributed by atoms with Crippen molar-refractivity contribution in [2.45, 2.75) is 39.2 Å². The molecule has 18 heavy (non-hydrogen) atoms. The lowest BCUT2D eigenvalue weighted by molar-refractivity contribution is 0.462. The Kier molecular flexibility index (Phi) is 3.82. The van der Waals surface area contributed by atoms with Gasteiger partial charge in [-0.15, -0.1) is 11.3 Å². The van der Waals surface area contributed by atoms with Crippen molar-refractivity contribution in [1.29, 1.82) is 0 Å². The second-order valence-corrected chi connectivity index (χ2v) is 6.11. The number of aryl methyl sites for hydroxylation is 1. The maximum Gasteiger partial charge on any atom is 0.138 e.